The largest absolute Gasteiger partial charge is 0.409 e. The fourth-order valence-electron chi connectivity index (χ4n) is 1.98. The number of nitrogens with two attached hydrogens (primary N) is 1. The second-order valence-corrected chi connectivity index (χ2v) is 4.34. The maximum Gasteiger partial charge on any atom is 0.140 e. The molecule has 5 N–H and O–H groups in total. The van der Waals surface area contributed by atoms with Gasteiger partial charge < -0.3 is 21.4 Å². The number of aliphatic hydroxyl groups is 1. The molecule has 1 atom stereocenters. The first kappa shape index (κ1) is 12.3. The summed E-state index contributed by atoms with van der Waals surface area (Å²) in [5.74, 6) is 0.238. The Morgan fingerprint density at radius 2 is 2.27 bits per heavy atom. The van der Waals surface area contributed by atoms with E-state index in [9.17, 15) is 5.11 Å². The highest BCUT2D eigenvalue weighted by molar-refractivity contribution is 5.80. The SMILES string of the molecule is CCC(CC(N)=NO)NC1(CO)CCC1. The highest BCUT2D eigenvalue weighted by Gasteiger charge is 2.37. The van der Waals surface area contributed by atoms with Gasteiger partial charge in [-0.1, -0.05) is 12.1 Å². The van der Waals surface area contributed by atoms with Crippen LogP contribution in [-0.2, 0) is 0 Å². The van der Waals surface area contributed by atoms with E-state index in [0.29, 0.717) is 6.42 Å². The molecule has 0 amide bonds. The monoisotopic (exact) mass is 215 g/mol. The molecule has 0 aromatic rings. The van der Waals surface area contributed by atoms with Crippen molar-refractivity contribution in [2.24, 2.45) is 10.9 Å². The maximum absolute atomic E-state index is 9.30. The van der Waals surface area contributed by atoms with E-state index < -0.39 is 0 Å². The molecule has 0 radical (unpaired) electrons. The number of rotatable bonds is 6. The van der Waals surface area contributed by atoms with Gasteiger partial charge in [0.25, 0.3) is 0 Å². The van der Waals surface area contributed by atoms with Crippen LogP contribution in [0, 0.1) is 0 Å². The Bertz CT molecular complexity index is 221. The topological polar surface area (TPSA) is 90.9 Å². The van der Waals surface area contributed by atoms with Gasteiger partial charge in [0.2, 0.25) is 0 Å². The lowest BCUT2D eigenvalue weighted by molar-refractivity contribution is 0.0766. The van der Waals surface area contributed by atoms with Crippen molar-refractivity contribution in [2.45, 2.75) is 50.6 Å². The normalized spacial score (nSPS) is 22.1. The van der Waals surface area contributed by atoms with Crippen LogP contribution >= 0.6 is 0 Å². The van der Waals surface area contributed by atoms with Gasteiger partial charge >= 0.3 is 0 Å². The molecule has 0 aromatic carbocycles. The molecule has 0 saturated heterocycles. The molecular weight excluding hydrogens is 194 g/mol. The number of hydrogen-bond donors (Lipinski definition) is 4. The van der Waals surface area contributed by atoms with Crippen molar-refractivity contribution in [1.82, 2.24) is 5.32 Å². The molecule has 1 aliphatic rings. The van der Waals surface area contributed by atoms with Gasteiger partial charge in [-0.05, 0) is 25.7 Å². The van der Waals surface area contributed by atoms with Crippen LogP contribution in [0.4, 0.5) is 0 Å². The predicted octanol–water partition coefficient (Wildman–Crippen LogP) is 0.406. The summed E-state index contributed by atoms with van der Waals surface area (Å²) in [7, 11) is 0. The average Bonchev–Trinajstić information content (AvgIpc) is 2.21. The summed E-state index contributed by atoms with van der Waals surface area (Å²) in [5, 5.41) is 24.2. The Labute approximate surface area is 90.3 Å². The smallest absolute Gasteiger partial charge is 0.140 e. The van der Waals surface area contributed by atoms with E-state index in [4.69, 9.17) is 10.9 Å². The van der Waals surface area contributed by atoms with Crippen molar-refractivity contribution in [3.05, 3.63) is 0 Å². The quantitative estimate of drug-likeness (QED) is 0.223. The molecule has 15 heavy (non-hydrogen) atoms. The van der Waals surface area contributed by atoms with Gasteiger partial charge in [0.05, 0.1) is 6.61 Å². The molecular formula is C10H21N3O2. The van der Waals surface area contributed by atoms with Crippen LogP contribution in [0.1, 0.15) is 39.0 Å². The fourth-order valence-corrected chi connectivity index (χ4v) is 1.98. The third-order valence-corrected chi connectivity index (χ3v) is 3.20. The second-order valence-electron chi connectivity index (χ2n) is 4.34. The summed E-state index contributed by atoms with van der Waals surface area (Å²) in [6.45, 7) is 2.21. The molecule has 1 fully saturated rings. The fraction of sp³-hybridized carbons (Fsp3) is 0.900. The van der Waals surface area contributed by atoms with E-state index in [1.54, 1.807) is 0 Å². The zero-order valence-electron chi connectivity index (χ0n) is 9.24. The van der Waals surface area contributed by atoms with E-state index >= 15 is 0 Å². The van der Waals surface area contributed by atoms with Crippen molar-refractivity contribution in [3.63, 3.8) is 0 Å². The minimum atomic E-state index is -0.115. The molecule has 0 bridgehead atoms. The van der Waals surface area contributed by atoms with Gasteiger partial charge in [-0.25, -0.2) is 0 Å². The van der Waals surface area contributed by atoms with Crippen LogP contribution in [0.25, 0.3) is 0 Å². The summed E-state index contributed by atoms with van der Waals surface area (Å²) in [5.41, 5.74) is 5.35. The molecule has 0 aromatic heterocycles. The number of nitrogens with zero attached hydrogens (tertiary/aromatic N) is 1. The van der Waals surface area contributed by atoms with Gasteiger partial charge in [0, 0.05) is 18.0 Å². The standard InChI is InChI=1S/C10H21N3O2/c1-2-8(6-9(11)13-15)12-10(7-14)4-3-5-10/h8,12,14-15H,2-7H2,1H3,(H2,11,13). The number of amidine groups is 1. The Kier molecular flexibility index (Phi) is 4.35. The Hall–Kier alpha value is -0.810. The number of nitrogens with one attached hydrogen (secondary N) is 1. The molecule has 0 spiro atoms. The average molecular weight is 215 g/mol. The molecule has 1 saturated carbocycles. The Morgan fingerprint density at radius 1 is 1.60 bits per heavy atom. The first-order valence-electron chi connectivity index (χ1n) is 5.51. The van der Waals surface area contributed by atoms with Gasteiger partial charge in [0.1, 0.15) is 5.84 Å². The van der Waals surface area contributed by atoms with Crippen molar-refractivity contribution in [2.75, 3.05) is 6.61 Å². The lowest BCUT2D eigenvalue weighted by Gasteiger charge is -2.43. The van der Waals surface area contributed by atoms with Crippen LogP contribution < -0.4 is 11.1 Å². The van der Waals surface area contributed by atoms with Crippen molar-refractivity contribution >= 4 is 5.84 Å². The Morgan fingerprint density at radius 3 is 2.60 bits per heavy atom. The van der Waals surface area contributed by atoms with E-state index in [2.05, 4.69) is 10.5 Å². The zero-order chi connectivity index (χ0) is 11.3. The van der Waals surface area contributed by atoms with E-state index in [1.807, 2.05) is 6.92 Å². The van der Waals surface area contributed by atoms with E-state index in [-0.39, 0.29) is 24.0 Å². The molecule has 0 heterocycles. The van der Waals surface area contributed by atoms with Crippen LogP contribution in [0.5, 0.6) is 0 Å². The first-order chi connectivity index (χ1) is 7.15. The summed E-state index contributed by atoms with van der Waals surface area (Å²) in [6.07, 6.45) is 4.60. The highest BCUT2D eigenvalue weighted by atomic mass is 16.4. The van der Waals surface area contributed by atoms with Crippen molar-refractivity contribution in [3.8, 4) is 0 Å². The minimum Gasteiger partial charge on any atom is -0.409 e. The molecule has 1 unspecified atom stereocenters. The summed E-state index contributed by atoms with van der Waals surface area (Å²) in [4.78, 5) is 0. The molecule has 1 aliphatic carbocycles. The molecule has 88 valence electrons. The molecule has 0 aliphatic heterocycles. The minimum absolute atomic E-state index is 0.115. The highest BCUT2D eigenvalue weighted by Crippen LogP contribution is 2.32. The van der Waals surface area contributed by atoms with E-state index in [1.165, 1.54) is 0 Å². The lowest BCUT2D eigenvalue weighted by Crippen LogP contribution is -2.58. The molecule has 5 heteroatoms. The predicted molar refractivity (Wildman–Crippen MR) is 58.9 cm³/mol. The van der Waals surface area contributed by atoms with Crippen molar-refractivity contribution in [1.29, 1.82) is 0 Å². The van der Waals surface area contributed by atoms with Crippen molar-refractivity contribution < 1.29 is 10.3 Å². The lowest BCUT2D eigenvalue weighted by atomic mass is 9.76. The number of hydrogen-bond acceptors (Lipinski definition) is 4. The van der Waals surface area contributed by atoms with Gasteiger partial charge in [-0.15, -0.1) is 0 Å². The molecule has 5 nitrogen and oxygen atoms in total. The van der Waals surface area contributed by atoms with Gasteiger partial charge in [-0.2, -0.15) is 0 Å². The summed E-state index contributed by atoms with van der Waals surface area (Å²) < 4.78 is 0. The van der Waals surface area contributed by atoms with Crippen LogP contribution in [0.15, 0.2) is 5.16 Å². The summed E-state index contributed by atoms with van der Waals surface area (Å²) in [6, 6.07) is 0.174. The molecule has 1 rings (SSSR count). The van der Waals surface area contributed by atoms with Crippen LogP contribution in [0.2, 0.25) is 0 Å². The second kappa shape index (κ2) is 5.32. The third kappa shape index (κ3) is 3.07. The van der Waals surface area contributed by atoms with Gasteiger partial charge in [0.15, 0.2) is 0 Å². The van der Waals surface area contributed by atoms with Gasteiger partial charge in [-0.3, -0.25) is 0 Å². The van der Waals surface area contributed by atoms with E-state index in [0.717, 1.165) is 25.7 Å². The summed E-state index contributed by atoms with van der Waals surface area (Å²) >= 11 is 0. The number of oxime groups is 1. The Balaban J connectivity index is 2.45. The van der Waals surface area contributed by atoms with Crippen LogP contribution in [-0.4, -0.2) is 34.3 Å². The number of aliphatic hydroxyl groups excluding tert-OH is 1. The first-order valence-corrected chi connectivity index (χ1v) is 5.51. The third-order valence-electron chi connectivity index (χ3n) is 3.20. The van der Waals surface area contributed by atoms with Crippen LogP contribution in [0.3, 0.4) is 0 Å². The maximum atomic E-state index is 9.30. The zero-order valence-corrected chi connectivity index (χ0v) is 9.24.